The number of nitrogens with two attached hydrogens (primary N) is 1. The third kappa shape index (κ3) is 5.99. The van der Waals surface area contributed by atoms with Crippen LogP contribution in [-0.4, -0.2) is 36.3 Å². The highest BCUT2D eigenvalue weighted by Gasteiger charge is 2.23. The summed E-state index contributed by atoms with van der Waals surface area (Å²) in [5.74, 6) is 0.0533. The van der Waals surface area contributed by atoms with Crippen LogP contribution in [0.5, 0.6) is 0 Å². The van der Waals surface area contributed by atoms with E-state index in [1.54, 1.807) is 0 Å². The summed E-state index contributed by atoms with van der Waals surface area (Å²) in [5.41, 5.74) is 7.54. The van der Waals surface area contributed by atoms with Crippen LogP contribution in [0.3, 0.4) is 0 Å². The van der Waals surface area contributed by atoms with Crippen LogP contribution in [0.2, 0.25) is 0 Å². The van der Waals surface area contributed by atoms with Crippen LogP contribution in [0.25, 0.3) is 0 Å². The lowest BCUT2D eigenvalue weighted by atomic mass is 10.1. The van der Waals surface area contributed by atoms with Gasteiger partial charge in [0.1, 0.15) is 0 Å². The van der Waals surface area contributed by atoms with Crippen molar-refractivity contribution in [2.75, 3.05) is 24.5 Å². The maximum atomic E-state index is 12.8. The molecule has 1 aromatic rings. The van der Waals surface area contributed by atoms with Crippen LogP contribution in [0.4, 0.5) is 5.69 Å². The molecule has 0 aliphatic carbocycles. The van der Waals surface area contributed by atoms with Gasteiger partial charge in [0, 0.05) is 31.2 Å². The number of fused-ring (bicyclic) bond motifs is 1. The Labute approximate surface area is 163 Å². The van der Waals surface area contributed by atoms with Crippen LogP contribution in [0, 0.1) is 5.92 Å². The molecule has 0 spiro atoms. The molecular weight excluding hydrogens is 350 g/mol. The van der Waals surface area contributed by atoms with E-state index in [1.807, 2.05) is 47.9 Å². The van der Waals surface area contributed by atoms with Crippen molar-refractivity contribution in [3.63, 3.8) is 0 Å². The van der Waals surface area contributed by atoms with Crippen molar-refractivity contribution in [3.8, 4) is 0 Å². The first-order chi connectivity index (χ1) is 12.0. The number of carbonyl (C=O) groups is 2. The van der Waals surface area contributed by atoms with E-state index < -0.39 is 0 Å². The lowest BCUT2D eigenvalue weighted by Crippen LogP contribution is -2.39. The second-order valence-corrected chi connectivity index (χ2v) is 7.06. The summed E-state index contributed by atoms with van der Waals surface area (Å²) in [4.78, 5) is 28.8. The molecule has 0 unspecified atom stereocenters. The quantitative estimate of drug-likeness (QED) is 0.854. The maximum absolute atomic E-state index is 12.8. The van der Waals surface area contributed by atoms with Gasteiger partial charge >= 0.3 is 0 Å². The zero-order valence-electron chi connectivity index (χ0n) is 15.9. The Balaban J connectivity index is 0.00000338. The molecule has 0 fully saturated rings. The summed E-state index contributed by atoms with van der Waals surface area (Å²) in [6.07, 6.45) is 5.36. The molecule has 1 aromatic carbocycles. The number of carbonyl (C=O) groups excluding carboxylic acids is 2. The fraction of sp³-hybridized carbons (Fsp3) is 0.600. The minimum absolute atomic E-state index is 0. The summed E-state index contributed by atoms with van der Waals surface area (Å²) >= 11 is 0. The zero-order chi connectivity index (χ0) is 18.2. The normalized spacial score (nSPS) is 16.2. The molecule has 2 N–H and O–H groups in total. The van der Waals surface area contributed by atoms with E-state index in [1.165, 1.54) is 0 Å². The summed E-state index contributed by atoms with van der Waals surface area (Å²) in [6.45, 7) is 5.86. The third-order valence-electron chi connectivity index (χ3n) is 4.74. The van der Waals surface area contributed by atoms with Crippen LogP contribution in [0.15, 0.2) is 24.3 Å². The molecule has 0 radical (unpaired) electrons. The van der Waals surface area contributed by atoms with Crippen molar-refractivity contribution in [3.05, 3.63) is 29.8 Å². The highest BCUT2D eigenvalue weighted by Crippen LogP contribution is 2.25. The third-order valence-corrected chi connectivity index (χ3v) is 4.74. The van der Waals surface area contributed by atoms with Crippen molar-refractivity contribution in [1.29, 1.82) is 0 Å². The first-order valence-corrected chi connectivity index (χ1v) is 9.41. The Kier molecular flexibility index (Phi) is 9.66. The highest BCUT2D eigenvalue weighted by molar-refractivity contribution is 5.95. The number of anilines is 1. The first-order valence-electron chi connectivity index (χ1n) is 9.41. The molecule has 2 amide bonds. The second-order valence-electron chi connectivity index (χ2n) is 7.06. The van der Waals surface area contributed by atoms with Gasteiger partial charge in [-0.1, -0.05) is 51.3 Å². The predicted octanol–water partition coefficient (Wildman–Crippen LogP) is 3.35. The van der Waals surface area contributed by atoms with Crippen molar-refractivity contribution in [2.24, 2.45) is 11.7 Å². The molecular formula is C20H32ClN3O2. The Hall–Kier alpha value is -1.59. The van der Waals surface area contributed by atoms with E-state index in [9.17, 15) is 9.59 Å². The van der Waals surface area contributed by atoms with Gasteiger partial charge in [0.25, 0.3) is 0 Å². The Morgan fingerprint density at radius 1 is 1.04 bits per heavy atom. The van der Waals surface area contributed by atoms with Crippen molar-refractivity contribution in [1.82, 2.24) is 4.90 Å². The Morgan fingerprint density at radius 3 is 2.31 bits per heavy atom. The molecule has 146 valence electrons. The van der Waals surface area contributed by atoms with Crippen LogP contribution < -0.4 is 10.6 Å². The number of rotatable bonds is 2. The molecule has 0 saturated carbocycles. The van der Waals surface area contributed by atoms with Crippen LogP contribution in [-0.2, 0) is 16.1 Å². The molecule has 0 aromatic heterocycles. The number of para-hydroxylation sites is 1. The van der Waals surface area contributed by atoms with E-state index in [0.717, 1.165) is 56.4 Å². The summed E-state index contributed by atoms with van der Waals surface area (Å²) < 4.78 is 0. The first kappa shape index (κ1) is 22.5. The van der Waals surface area contributed by atoms with Gasteiger partial charge in [-0.2, -0.15) is 0 Å². The number of hydrogen-bond acceptors (Lipinski definition) is 3. The van der Waals surface area contributed by atoms with Gasteiger partial charge in [-0.3, -0.25) is 9.59 Å². The lowest BCUT2D eigenvalue weighted by molar-refractivity contribution is -0.130. The summed E-state index contributed by atoms with van der Waals surface area (Å²) in [6, 6.07) is 7.93. The monoisotopic (exact) mass is 381 g/mol. The van der Waals surface area contributed by atoms with Crippen molar-refractivity contribution < 1.29 is 9.59 Å². The molecule has 0 atom stereocenters. The second kappa shape index (κ2) is 11.2. The lowest BCUT2D eigenvalue weighted by Gasteiger charge is -2.30. The topological polar surface area (TPSA) is 66.6 Å². The Bertz CT molecular complexity index is 592. The van der Waals surface area contributed by atoms with Gasteiger partial charge in [0.05, 0.1) is 6.54 Å². The molecule has 0 saturated heterocycles. The fourth-order valence-electron chi connectivity index (χ4n) is 3.30. The van der Waals surface area contributed by atoms with E-state index >= 15 is 0 Å². The Morgan fingerprint density at radius 2 is 1.65 bits per heavy atom. The molecule has 26 heavy (non-hydrogen) atoms. The number of nitrogens with zero attached hydrogens (tertiary/aromatic N) is 2. The molecule has 0 bridgehead atoms. The van der Waals surface area contributed by atoms with Gasteiger partial charge in [0.2, 0.25) is 11.8 Å². The van der Waals surface area contributed by atoms with Gasteiger partial charge in [0.15, 0.2) is 0 Å². The molecule has 1 aliphatic rings. The van der Waals surface area contributed by atoms with E-state index in [2.05, 4.69) is 0 Å². The minimum Gasteiger partial charge on any atom is -0.337 e. The molecule has 1 heterocycles. The smallest absolute Gasteiger partial charge is 0.236 e. The molecule has 5 nitrogen and oxygen atoms in total. The molecule has 6 heteroatoms. The average molecular weight is 382 g/mol. The number of amides is 2. The molecule has 1 aliphatic heterocycles. The standard InChI is InChI=1S/C20H31N3O2.ClH/c1-16(2)20(25)23-13-9-5-3-4-8-12-22(19(24)14-21)15-17-10-6-7-11-18(17)23;/h6-7,10-11,16H,3-5,8-9,12-15,21H2,1-2H3;1H. The highest BCUT2D eigenvalue weighted by atomic mass is 35.5. The van der Waals surface area contributed by atoms with E-state index in [-0.39, 0.29) is 36.7 Å². The number of benzene rings is 1. The van der Waals surface area contributed by atoms with E-state index in [4.69, 9.17) is 5.73 Å². The van der Waals surface area contributed by atoms with Gasteiger partial charge in [-0.25, -0.2) is 0 Å². The minimum atomic E-state index is -0.0530. The van der Waals surface area contributed by atoms with E-state index in [0.29, 0.717) is 6.54 Å². The van der Waals surface area contributed by atoms with Crippen LogP contribution >= 0.6 is 12.4 Å². The van der Waals surface area contributed by atoms with Crippen molar-refractivity contribution >= 4 is 29.9 Å². The fourth-order valence-corrected chi connectivity index (χ4v) is 3.30. The predicted molar refractivity (Wildman–Crippen MR) is 108 cm³/mol. The SMILES string of the molecule is CC(C)C(=O)N1CCCCCCCN(C(=O)CN)Cc2ccccc21.Cl. The maximum Gasteiger partial charge on any atom is 0.236 e. The largest absolute Gasteiger partial charge is 0.337 e. The average Bonchev–Trinajstić information content (AvgIpc) is 2.61. The summed E-state index contributed by atoms with van der Waals surface area (Å²) in [7, 11) is 0. The van der Waals surface area contributed by atoms with Gasteiger partial charge in [-0.15, -0.1) is 12.4 Å². The number of hydrogen-bond donors (Lipinski definition) is 1. The van der Waals surface area contributed by atoms with Gasteiger partial charge < -0.3 is 15.5 Å². The van der Waals surface area contributed by atoms with Gasteiger partial charge in [-0.05, 0) is 24.5 Å². The summed E-state index contributed by atoms with van der Waals surface area (Å²) in [5, 5.41) is 0. The van der Waals surface area contributed by atoms with Crippen molar-refractivity contribution in [2.45, 2.75) is 52.5 Å². The van der Waals surface area contributed by atoms with Crippen LogP contribution in [0.1, 0.15) is 51.5 Å². The zero-order valence-corrected chi connectivity index (χ0v) is 16.8. The number of halogens is 1. The molecule has 2 rings (SSSR count).